The standard InChI is InChI=1S/C18H13F4N3OS.CH3F/c19-13-7-2-1-6-12(13)17(26)25-14-9-27-15(16(23)24-14)10-4-3-5-11(8-10)18(20,21)22;1-2/h1-8H,9,23H2,(H,24,25,26);1H3. The summed E-state index contributed by atoms with van der Waals surface area (Å²) in [6.45, 7) is 0. The van der Waals surface area contributed by atoms with Crippen LogP contribution in [0.5, 0.6) is 0 Å². The van der Waals surface area contributed by atoms with Crippen LogP contribution in [0.15, 0.2) is 59.3 Å². The van der Waals surface area contributed by atoms with Crippen LogP contribution in [-0.2, 0) is 6.18 Å². The number of nitrogens with zero attached hydrogens (tertiary/aromatic N) is 1. The van der Waals surface area contributed by atoms with Gasteiger partial charge in [-0.2, -0.15) is 13.2 Å². The van der Waals surface area contributed by atoms with Crippen LogP contribution in [0.3, 0.4) is 0 Å². The van der Waals surface area contributed by atoms with Gasteiger partial charge in [-0.15, -0.1) is 11.8 Å². The second-order valence-corrected chi connectivity index (χ2v) is 6.56. The van der Waals surface area contributed by atoms with Gasteiger partial charge in [0.25, 0.3) is 5.91 Å². The maximum absolute atomic E-state index is 13.7. The minimum absolute atomic E-state index is 0.0191. The normalized spacial score (nSPS) is 13.9. The molecule has 0 bridgehead atoms. The molecule has 3 rings (SSSR count). The van der Waals surface area contributed by atoms with Gasteiger partial charge in [0, 0.05) is 0 Å². The van der Waals surface area contributed by atoms with Crippen LogP contribution in [0, 0.1) is 5.82 Å². The van der Waals surface area contributed by atoms with Crippen molar-refractivity contribution in [2.75, 3.05) is 12.9 Å². The molecular weight excluding hydrogens is 413 g/mol. The minimum Gasteiger partial charge on any atom is -0.383 e. The molecule has 1 aliphatic rings. The Bertz CT molecular complexity index is 957. The van der Waals surface area contributed by atoms with Gasteiger partial charge in [0.1, 0.15) is 17.5 Å². The molecule has 3 N–H and O–H groups in total. The zero-order chi connectivity index (χ0) is 21.6. The number of carbonyl (C=O) groups is 1. The summed E-state index contributed by atoms with van der Waals surface area (Å²) in [4.78, 5) is 16.5. The highest BCUT2D eigenvalue weighted by Gasteiger charge is 2.31. The molecule has 0 aliphatic carbocycles. The lowest BCUT2D eigenvalue weighted by Crippen LogP contribution is -2.34. The topological polar surface area (TPSA) is 67.5 Å². The zero-order valence-corrected chi connectivity index (χ0v) is 15.9. The predicted molar refractivity (Wildman–Crippen MR) is 103 cm³/mol. The molecule has 2 aromatic carbocycles. The maximum Gasteiger partial charge on any atom is 0.416 e. The quantitative estimate of drug-likeness (QED) is 0.687. The van der Waals surface area contributed by atoms with E-state index in [4.69, 9.17) is 5.73 Å². The lowest BCUT2D eigenvalue weighted by Gasteiger charge is -2.18. The van der Waals surface area contributed by atoms with Gasteiger partial charge in [0.2, 0.25) is 0 Å². The number of hydrogen-bond donors (Lipinski definition) is 2. The molecule has 0 spiro atoms. The third-order valence-corrected chi connectivity index (χ3v) is 4.82. The van der Waals surface area contributed by atoms with E-state index in [-0.39, 0.29) is 28.5 Å². The van der Waals surface area contributed by atoms with E-state index < -0.39 is 23.5 Å². The molecule has 4 nitrogen and oxygen atoms in total. The molecule has 0 atom stereocenters. The summed E-state index contributed by atoms with van der Waals surface area (Å²) in [6.07, 6.45) is -4.47. The van der Waals surface area contributed by atoms with E-state index in [1.165, 1.54) is 30.3 Å². The van der Waals surface area contributed by atoms with E-state index in [1.54, 1.807) is 0 Å². The minimum atomic E-state index is -4.47. The van der Waals surface area contributed by atoms with Crippen LogP contribution in [0.2, 0.25) is 0 Å². The van der Waals surface area contributed by atoms with Crippen LogP contribution in [0.4, 0.5) is 22.0 Å². The smallest absolute Gasteiger partial charge is 0.383 e. The molecule has 1 aliphatic heterocycles. The maximum atomic E-state index is 13.7. The van der Waals surface area contributed by atoms with Crippen LogP contribution < -0.4 is 11.1 Å². The number of nitrogens with one attached hydrogen (secondary N) is 1. The Labute approximate surface area is 167 Å². The van der Waals surface area contributed by atoms with Crippen molar-refractivity contribution in [3.8, 4) is 0 Å². The SMILES string of the molecule is CF.NC1=C(c2cccc(C(F)(F)F)c2)SCC(NC(=O)c2ccccc2F)=N1. The van der Waals surface area contributed by atoms with E-state index in [0.29, 0.717) is 12.1 Å². The highest BCUT2D eigenvalue weighted by molar-refractivity contribution is 8.09. The summed E-state index contributed by atoms with van der Waals surface area (Å²) in [7, 11) is 0.500. The fourth-order valence-corrected chi connectivity index (χ4v) is 3.32. The summed E-state index contributed by atoms with van der Waals surface area (Å²) in [6, 6.07) is 10.2. The Morgan fingerprint density at radius 2 is 1.83 bits per heavy atom. The number of benzene rings is 2. The van der Waals surface area contributed by atoms with Crippen LogP contribution >= 0.6 is 11.8 Å². The highest BCUT2D eigenvalue weighted by atomic mass is 32.2. The van der Waals surface area contributed by atoms with Crippen molar-refractivity contribution < 1.29 is 26.7 Å². The second-order valence-electron chi connectivity index (χ2n) is 5.57. The number of carbonyl (C=O) groups excluding carboxylic acids is 1. The van der Waals surface area contributed by atoms with Crippen molar-refractivity contribution in [1.29, 1.82) is 0 Å². The lowest BCUT2D eigenvalue weighted by atomic mass is 10.1. The summed E-state index contributed by atoms with van der Waals surface area (Å²) in [5.41, 5.74) is 5.23. The van der Waals surface area contributed by atoms with Crippen LogP contribution in [0.1, 0.15) is 21.5 Å². The second kappa shape index (κ2) is 9.55. The number of halogens is 5. The lowest BCUT2D eigenvalue weighted by molar-refractivity contribution is -0.137. The van der Waals surface area contributed by atoms with E-state index in [9.17, 15) is 26.7 Å². The molecule has 0 saturated heterocycles. The van der Waals surface area contributed by atoms with Gasteiger partial charge in [0.15, 0.2) is 0 Å². The van der Waals surface area contributed by atoms with Crippen molar-refractivity contribution in [2.45, 2.75) is 6.18 Å². The predicted octanol–water partition coefficient (Wildman–Crippen LogP) is 4.59. The number of amidine groups is 1. The summed E-state index contributed by atoms with van der Waals surface area (Å²) in [5.74, 6) is -1.00. The average Bonchev–Trinajstić information content (AvgIpc) is 2.69. The molecule has 0 saturated carbocycles. The third kappa shape index (κ3) is 5.57. The number of hydrogen-bond acceptors (Lipinski definition) is 4. The van der Waals surface area contributed by atoms with Gasteiger partial charge in [-0.05, 0) is 29.8 Å². The van der Waals surface area contributed by atoms with Crippen LogP contribution in [0.25, 0.3) is 4.91 Å². The molecule has 0 aromatic heterocycles. The number of aliphatic imine (C=N–C) groups is 1. The Kier molecular flexibility index (Phi) is 7.38. The van der Waals surface area contributed by atoms with Crippen molar-refractivity contribution in [3.05, 3.63) is 76.9 Å². The molecule has 29 heavy (non-hydrogen) atoms. The summed E-state index contributed by atoms with van der Waals surface area (Å²) >= 11 is 1.14. The summed E-state index contributed by atoms with van der Waals surface area (Å²) in [5, 5.41) is 2.47. The van der Waals surface area contributed by atoms with Crippen LogP contribution in [-0.4, -0.2) is 24.7 Å². The first-order valence-electron chi connectivity index (χ1n) is 8.07. The first-order chi connectivity index (χ1) is 13.8. The molecule has 10 heteroatoms. The monoisotopic (exact) mass is 429 g/mol. The van der Waals surface area contributed by atoms with E-state index in [0.717, 1.165) is 30.0 Å². The molecular formula is C19H16F5N3OS. The van der Waals surface area contributed by atoms with Gasteiger partial charge in [-0.25, -0.2) is 9.38 Å². The van der Waals surface area contributed by atoms with Gasteiger partial charge in [-0.3, -0.25) is 9.18 Å². The molecule has 1 amide bonds. The first kappa shape index (κ1) is 22.4. The molecule has 2 aromatic rings. The molecule has 0 radical (unpaired) electrons. The number of rotatable bonds is 2. The molecule has 0 fully saturated rings. The Morgan fingerprint density at radius 1 is 1.14 bits per heavy atom. The highest BCUT2D eigenvalue weighted by Crippen LogP contribution is 2.36. The van der Waals surface area contributed by atoms with Gasteiger partial charge >= 0.3 is 6.18 Å². The van der Waals surface area contributed by atoms with Gasteiger partial charge < -0.3 is 11.1 Å². The number of thioether (sulfide) groups is 1. The average molecular weight is 429 g/mol. The van der Waals surface area contributed by atoms with Crippen molar-refractivity contribution in [3.63, 3.8) is 0 Å². The molecule has 0 unspecified atom stereocenters. The fourth-order valence-electron chi connectivity index (χ4n) is 2.42. The molecule has 1 heterocycles. The Morgan fingerprint density at radius 3 is 2.45 bits per heavy atom. The third-order valence-electron chi connectivity index (χ3n) is 3.67. The zero-order valence-electron chi connectivity index (χ0n) is 15.1. The van der Waals surface area contributed by atoms with E-state index in [1.807, 2.05) is 0 Å². The number of nitrogens with two attached hydrogens (primary N) is 1. The van der Waals surface area contributed by atoms with Gasteiger partial charge in [-0.1, -0.05) is 24.3 Å². The number of amides is 1. The first-order valence-corrected chi connectivity index (χ1v) is 9.05. The largest absolute Gasteiger partial charge is 0.416 e. The Balaban J connectivity index is 0.00000145. The Hall–Kier alpha value is -2.88. The number of alkyl halides is 4. The van der Waals surface area contributed by atoms with E-state index in [2.05, 4.69) is 10.3 Å². The van der Waals surface area contributed by atoms with Crippen molar-refractivity contribution in [2.24, 2.45) is 10.7 Å². The summed E-state index contributed by atoms with van der Waals surface area (Å²) < 4.78 is 61.8. The van der Waals surface area contributed by atoms with E-state index >= 15 is 0 Å². The van der Waals surface area contributed by atoms with Gasteiger partial charge in [0.05, 0.1) is 29.0 Å². The van der Waals surface area contributed by atoms with Crippen molar-refractivity contribution >= 4 is 28.4 Å². The fraction of sp³-hybridized carbons (Fsp3) is 0.158. The van der Waals surface area contributed by atoms with Crippen molar-refractivity contribution in [1.82, 2.24) is 5.32 Å². The molecule has 154 valence electrons.